The molecule has 2 aromatic carbocycles. The molecule has 1 N–H and O–H groups in total. The number of para-hydroxylation sites is 1. The molecule has 0 saturated heterocycles. The van der Waals surface area contributed by atoms with Crippen molar-refractivity contribution in [3.05, 3.63) is 59.7 Å². The first-order valence-electron chi connectivity index (χ1n) is 6.67. The molecule has 0 aliphatic heterocycles. The molecule has 1 atom stereocenters. The van der Waals surface area contributed by atoms with Gasteiger partial charge in [-0.2, -0.15) is 4.31 Å². The molecular formula is C16H19NO3S. The smallest absolute Gasteiger partial charge is 0.243 e. The fourth-order valence-electron chi connectivity index (χ4n) is 2.25. The second-order valence-corrected chi connectivity index (χ2v) is 6.99. The minimum Gasteiger partial charge on any atom is -0.508 e. The number of sulfonamides is 1. The van der Waals surface area contributed by atoms with Crippen molar-refractivity contribution in [3.8, 4) is 5.75 Å². The maximum absolute atomic E-state index is 12.7. The molecule has 2 rings (SSSR count). The monoisotopic (exact) mass is 305 g/mol. The number of aromatic hydroxyl groups is 1. The van der Waals surface area contributed by atoms with Crippen molar-refractivity contribution in [1.29, 1.82) is 0 Å². The molecule has 0 amide bonds. The summed E-state index contributed by atoms with van der Waals surface area (Å²) < 4.78 is 26.7. The summed E-state index contributed by atoms with van der Waals surface area (Å²) in [5.41, 5.74) is 1.28. The molecule has 5 heteroatoms. The molecule has 0 fully saturated rings. The van der Waals surface area contributed by atoms with E-state index in [1.165, 1.54) is 11.4 Å². The van der Waals surface area contributed by atoms with Crippen LogP contribution in [0.4, 0.5) is 0 Å². The first-order valence-corrected chi connectivity index (χ1v) is 8.11. The second kappa shape index (κ2) is 5.87. The molecule has 2 aromatic rings. The standard InChI is InChI=1S/C16H19NO3S/c1-12-8-4-7-11-16(12)21(19,20)17(3)13(2)14-9-5-6-10-15(14)18/h4-11,13,18H,1-3H3. The third kappa shape index (κ3) is 2.94. The largest absolute Gasteiger partial charge is 0.508 e. The number of benzene rings is 2. The van der Waals surface area contributed by atoms with Gasteiger partial charge < -0.3 is 5.11 Å². The van der Waals surface area contributed by atoms with Crippen molar-refractivity contribution >= 4 is 10.0 Å². The lowest BCUT2D eigenvalue weighted by atomic mass is 10.1. The van der Waals surface area contributed by atoms with Gasteiger partial charge in [0.15, 0.2) is 0 Å². The van der Waals surface area contributed by atoms with Crippen LogP contribution in [0.3, 0.4) is 0 Å². The third-order valence-corrected chi connectivity index (χ3v) is 5.77. The highest BCUT2D eigenvalue weighted by molar-refractivity contribution is 7.89. The highest BCUT2D eigenvalue weighted by atomic mass is 32.2. The highest BCUT2D eigenvalue weighted by Gasteiger charge is 2.28. The molecule has 0 bridgehead atoms. The predicted octanol–water partition coefficient (Wildman–Crippen LogP) is 3.08. The fraction of sp³-hybridized carbons (Fsp3) is 0.250. The Hall–Kier alpha value is -1.85. The summed E-state index contributed by atoms with van der Waals surface area (Å²) in [6.07, 6.45) is 0. The van der Waals surface area contributed by atoms with Gasteiger partial charge in [-0.15, -0.1) is 0 Å². The summed E-state index contributed by atoms with van der Waals surface area (Å²) in [5.74, 6) is 0.0943. The van der Waals surface area contributed by atoms with E-state index in [4.69, 9.17) is 0 Å². The van der Waals surface area contributed by atoms with E-state index in [2.05, 4.69) is 0 Å². The van der Waals surface area contributed by atoms with Gasteiger partial charge in [-0.3, -0.25) is 0 Å². The van der Waals surface area contributed by atoms with Gasteiger partial charge in [-0.1, -0.05) is 36.4 Å². The molecule has 21 heavy (non-hydrogen) atoms. The third-order valence-electron chi connectivity index (χ3n) is 3.68. The fourth-order valence-corrected chi connectivity index (χ4v) is 3.81. The number of aryl methyl sites for hydroxylation is 1. The Morgan fingerprint density at radius 3 is 2.24 bits per heavy atom. The molecule has 1 unspecified atom stereocenters. The Balaban J connectivity index is 2.42. The maximum atomic E-state index is 12.7. The van der Waals surface area contributed by atoms with Gasteiger partial charge in [-0.05, 0) is 31.5 Å². The number of nitrogens with zero attached hydrogens (tertiary/aromatic N) is 1. The topological polar surface area (TPSA) is 57.6 Å². The van der Waals surface area contributed by atoms with Gasteiger partial charge in [0.05, 0.1) is 10.9 Å². The quantitative estimate of drug-likeness (QED) is 0.944. The molecule has 112 valence electrons. The summed E-state index contributed by atoms with van der Waals surface area (Å²) in [7, 11) is -2.08. The lowest BCUT2D eigenvalue weighted by Crippen LogP contribution is -2.30. The van der Waals surface area contributed by atoms with Crippen molar-refractivity contribution in [1.82, 2.24) is 4.31 Å². The minimum atomic E-state index is -3.61. The van der Waals surface area contributed by atoms with E-state index in [0.29, 0.717) is 11.1 Å². The second-order valence-electron chi connectivity index (χ2n) is 5.02. The Kier molecular flexibility index (Phi) is 4.34. The SMILES string of the molecule is Cc1ccccc1S(=O)(=O)N(C)C(C)c1ccccc1O. The summed E-state index contributed by atoms with van der Waals surface area (Å²) in [6.45, 7) is 3.52. The van der Waals surface area contributed by atoms with Gasteiger partial charge in [0, 0.05) is 12.6 Å². The van der Waals surface area contributed by atoms with Crippen molar-refractivity contribution in [3.63, 3.8) is 0 Å². The Bertz CT molecular complexity index is 741. The average Bonchev–Trinajstić information content (AvgIpc) is 2.46. The van der Waals surface area contributed by atoms with Gasteiger partial charge in [-0.25, -0.2) is 8.42 Å². The summed E-state index contributed by atoms with van der Waals surface area (Å²) in [6, 6.07) is 13.2. The zero-order chi connectivity index (χ0) is 15.6. The lowest BCUT2D eigenvalue weighted by Gasteiger charge is -2.25. The molecule has 4 nitrogen and oxygen atoms in total. The predicted molar refractivity (Wildman–Crippen MR) is 82.6 cm³/mol. The van der Waals surface area contributed by atoms with E-state index in [-0.39, 0.29) is 10.6 Å². The molecular weight excluding hydrogens is 286 g/mol. The van der Waals surface area contributed by atoms with Crippen LogP contribution in [-0.4, -0.2) is 24.9 Å². The Morgan fingerprint density at radius 2 is 1.62 bits per heavy atom. The summed E-state index contributed by atoms with van der Waals surface area (Å²) in [4.78, 5) is 0.287. The van der Waals surface area contributed by atoms with Crippen LogP contribution >= 0.6 is 0 Å². The van der Waals surface area contributed by atoms with Crippen molar-refractivity contribution < 1.29 is 13.5 Å². The zero-order valence-electron chi connectivity index (χ0n) is 12.3. The number of phenols is 1. The van der Waals surface area contributed by atoms with E-state index in [0.717, 1.165) is 0 Å². The minimum absolute atomic E-state index is 0.0943. The Morgan fingerprint density at radius 1 is 1.05 bits per heavy atom. The number of phenolic OH excluding ortho intramolecular Hbond substituents is 1. The van der Waals surface area contributed by atoms with Crippen LogP contribution < -0.4 is 0 Å². The van der Waals surface area contributed by atoms with Crippen LogP contribution in [0, 0.1) is 6.92 Å². The van der Waals surface area contributed by atoms with E-state index in [9.17, 15) is 13.5 Å². The van der Waals surface area contributed by atoms with E-state index < -0.39 is 16.1 Å². The lowest BCUT2D eigenvalue weighted by molar-refractivity contribution is 0.381. The number of rotatable bonds is 4. The first-order chi connectivity index (χ1) is 9.85. The van der Waals surface area contributed by atoms with Crippen LogP contribution in [0.2, 0.25) is 0 Å². The van der Waals surface area contributed by atoms with Gasteiger partial charge in [0.2, 0.25) is 10.0 Å². The molecule has 0 aromatic heterocycles. The molecule has 0 radical (unpaired) electrons. The van der Waals surface area contributed by atoms with Gasteiger partial charge in [0.1, 0.15) is 5.75 Å². The zero-order valence-corrected chi connectivity index (χ0v) is 13.1. The van der Waals surface area contributed by atoms with Crippen molar-refractivity contribution in [2.24, 2.45) is 0 Å². The van der Waals surface area contributed by atoms with Crippen LogP contribution in [0.25, 0.3) is 0 Å². The van der Waals surface area contributed by atoms with Crippen molar-refractivity contribution in [2.45, 2.75) is 24.8 Å². The molecule has 0 aliphatic rings. The van der Waals surface area contributed by atoms with Gasteiger partial charge >= 0.3 is 0 Å². The van der Waals surface area contributed by atoms with E-state index in [1.807, 2.05) is 0 Å². The molecule has 0 heterocycles. The summed E-state index contributed by atoms with van der Waals surface area (Å²) >= 11 is 0. The molecule has 0 saturated carbocycles. The van der Waals surface area contributed by atoms with Crippen molar-refractivity contribution in [2.75, 3.05) is 7.05 Å². The number of hydrogen-bond acceptors (Lipinski definition) is 3. The average molecular weight is 305 g/mol. The first kappa shape index (κ1) is 15.5. The van der Waals surface area contributed by atoms with Crippen LogP contribution in [0.5, 0.6) is 5.75 Å². The highest BCUT2D eigenvalue weighted by Crippen LogP contribution is 2.31. The normalized spacial score (nSPS) is 13.3. The van der Waals surface area contributed by atoms with Crippen LogP contribution in [-0.2, 0) is 10.0 Å². The molecule has 0 spiro atoms. The molecule has 0 aliphatic carbocycles. The maximum Gasteiger partial charge on any atom is 0.243 e. The Labute approximate surface area is 125 Å². The van der Waals surface area contributed by atoms with Crippen LogP contribution in [0.15, 0.2) is 53.4 Å². The van der Waals surface area contributed by atoms with E-state index in [1.54, 1.807) is 62.4 Å². The van der Waals surface area contributed by atoms with Crippen LogP contribution in [0.1, 0.15) is 24.1 Å². The summed E-state index contributed by atoms with van der Waals surface area (Å²) in [5, 5.41) is 9.90. The number of hydrogen-bond donors (Lipinski definition) is 1. The van der Waals surface area contributed by atoms with E-state index >= 15 is 0 Å². The van der Waals surface area contributed by atoms with Gasteiger partial charge in [0.25, 0.3) is 0 Å².